The third kappa shape index (κ3) is 8.04. The third-order valence-electron chi connectivity index (χ3n) is 6.66. The van der Waals surface area contributed by atoms with Crippen LogP contribution >= 0.6 is 0 Å². The first kappa shape index (κ1) is 28.8. The minimum atomic E-state index is -1.38. The van der Waals surface area contributed by atoms with Crippen molar-refractivity contribution in [3.05, 3.63) is 35.9 Å². The Labute approximate surface area is 209 Å². The molecule has 1 saturated carbocycles. The van der Waals surface area contributed by atoms with Gasteiger partial charge in [-0.05, 0) is 45.2 Å². The molecule has 1 fully saturated rings. The molecular formula is C27H42N2O6. The lowest BCUT2D eigenvalue weighted by Crippen LogP contribution is -2.56. The zero-order chi connectivity index (χ0) is 26.2. The summed E-state index contributed by atoms with van der Waals surface area (Å²) < 4.78 is 11.3. The molecular weight excluding hydrogens is 448 g/mol. The molecule has 1 aliphatic carbocycles. The van der Waals surface area contributed by atoms with Gasteiger partial charge in [0, 0.05) is 13.0 Å². The summed E-state index contributed by atoms with van der Waals surface area (Å²) >= 11 is 0. The number of ether oxygens (including phenoxy) is 2. The van der Waals surface area contributed by atoms with Gasteiger partial charge in [0.25, 0.3) is 5.91 Å². The van der Waals surface area contributed by atoms with E-state index in [9.17, 15) is 19.5 Å². The van der Waals surface area contributed by atoms with Crippen LogP contribution in [0.4, 0.5) is 0 Å². The Morgan fingerprint density at radius 1 is 1.09 bits per heavy atom. The number of nitrogens with one attached hydrogen (secondary N) is 1. The summed E-state index contributed by atoms with van der Waals surface area (Å²) in [5.41, 5.74) is -0.518. The van der Waals surface area contributed by atoms with Gasteiger partial charge in [-0.3, -0.25) is 9.59 Å². The number of carbonyl (C=O) groups is 3. The topological polar surface area (TPSA) is 105 Å². The first-order chi connectivity index (χ1) is 16.5. The number of benzene rings is 1. The van der Waals surface area contributed by atoms with Crippen LogP contribution in [-0.2, 0) is 30.5 Å². The summed E-state index contributed by atoms with van der Waals surface area (Å²) in [7, 11) is 3.12. The van der Waals surface area contributed by atoms with Gasteiger partial charge in [0.1, 0.15) is 18.7 Å². The van der Waals surface area contributed by atoms with E-state index in [2.05, 4.69) is 5.32 Å². The minimum Gasteiger partial charge on any atom is -0.459 e. The molecule has 2 N–H and O–H groups in total. The van der Waals surface area contributed by atoms with Gasteiger partial charge in [-0.1, -0.05) is 63.4 Å². The van der Waals surface area contributed by atoms with Crippen LogP contribution < -0.4 is 5.32 Å². The van der Waals surface area contributed by atoms with Crippen molar-refractivity contribution in [2.45, 2.75) is 90.2 Å². The molecule has 0 radical (unpaired) electrons. The lowest BCUT2D eigenvalue weighted by molar-refractivity contribution is -0.173. The standard InChI is InChI=1S/C27H42N2O6/c1-18(2)21(25(31)34-17-19-13-9-7-10-14-19)29(6)24(30)22(20-15-11-8-12-16-20)35-26(32)23(28-5)27(3,4)33/h7,9-10,13-14,18,20-23,28,33H,8,11-12,15-17H2,1-6H3/t21-,22+,23+/m0/s1. The van der Waals surface area contributed by atoms with Gasteiger partial charge >= 0.3 is 11.9 Å². The van der Waals surface area contributed by atoms with Crippen molar-refractivity contribution in [1.82, 2.24) is 10.2 Å². The highest BCUT2D eigenvalue weighted by Gasteiger charge is 2.42. The number of esters is 2. The average Bonchev–Trinajstić information content (AvgIpc) is 2.81. The monoisotopic (exact) mass is 490 g/mol. The fraction of sp³-hybridized carbons (Fsp3) is 0.667. The SMILES string of the molecule is CN[C@H](C(=O)O[C@@H](C(=O)N(C)[C@H](C(=O)OCc1ccccc1)C(C)C)C1CCCCC1)C(C)(C)O. The molecule has 0 bridgehead atoms. The number of nitrogens with zero attached hydrogens (tertiary/aromatic N) is 1. The Bertz CT molecular complexity index is 830. The summed E-state index contributed by atoms with van der Waals surface area (Å²) in [4.78, 5) is 41.1. The molecule has 2 rings (SSSR count). The molecule has 8 nitrogen and oxygen atoms in total. The summed E-state index contributed by atoms with van der Waals surface area (Å²) in [5.74, 6) is -1.97. The molecule has 1 aliphatic rings. The Morgan fingerprint density at radius 3 is 2.20 bits per heavy atom. The maximum atomic E-state index is 13.7. The van der Waals surface area contributed by atoms with E-state index in [1.165, 1.54) is 18.7 Å². The van der Waals surface area contributed by atoms with Gasteiger partial charge in [0.2, 0.25) is 0 Å². The number of aliphatic hydroxyl groups is 1. The van der Waals surface area contributed by atoms with Gasteiger partial charge in [-0.25, -0.2) is 4.79 Å². The Balaban J connectivity index is 2.22. The van der Waals surface area contributed by atoms with E-state index >= 15 is 0 Å². The molecule has 0 aliphatic heterocycles. The molecule has 0 unspecified atom stereocenters. The van der Waals surface area contributed by atoms with Crippen LogP contribution in [0.2, 0.25) is 0 Å². The van der Waals surface area contributed by atoms with E-state index in [0.717, 1.165) is 37.7 Å². The van der Waals surface area contributed by atoms with Gasteiger partial charge < -0.3 is 24.8 Å². The maximum absolute atomic E-state index is 13.7. The lowest BCUT2D eigenvalue weighted by Gasteiger charge is -2.37. The second-order valence-electron chi connectivity index (χ2n) is 10.4. The molecule has 35 heavy (non-hydrogen) atoms. The van der Waals surface area contributed by atoms with Crippen LogP contribution in [0.25, 0.3) is 0 Å². The Morgan fingerprint density at radius 2 is 1.69 bits per heavy atom. The van der Waals surface area contributed by atoms with E-state index in [-0.39, 0.29) is 18.4 Å². The van der Waals surface area contributed by atoms with E-state index < -0.39 is 41.6 Å². The highest BCUT2D eigenvalue weighted by molar-refractivity contribution is 5.89. The quantitative estimate of drug-likeness (QED) is 0.459. The Hall–Kier alpha value is -2.45. The molecule has 0 heterocycles. The summed E-state index contributed by atoms with van der Waals surface area (Å²) in [5, 5.41) is 13.2. The summed E-state index contributed by atoms with van der Waals surface area (Å²) in [6.45, 7) is 6.84. The normalized spacial score (nSPS) is 17.4. The molecule has 1 aromatic rings. The lowest BCUT2D eigenvalue weighted by atomic mass is 9.84. The van der Waals surface area contributed by atoms with Crippen LogP contribution in [0.3, 0.4) is 0 Å². The molecule has 1 aromatic carbocycles. The smallest absolute Gasteiger partial charge is 0.329 e. The number of rotatable bonds is 11. The van der Waals surface area contributed by atoms with E-state index in [1.54, 1.807) is 14.1 Å². The number of likely N-dealkylation sites (N-methyl/N-ethyl adjacent to an activating group) is 2. The van der Waals surface area contributed by atoms with Gasteiger partial charge in [-0.15, -0.1) is 0 Å². The van der Waals surface area contributed by atoms with Crippen molar-refractivity contribution >= 4 is 17.8 Å². The van der Waals surface area contributed by atoms with Crippen LogP contribution in [0.5, 0.6) is 0 Å². The minimum absolute atomic E-state index is 0.112. The highest BCUT2D eigenvalue weighted by Crippen LogP contribution is 2.30. The van der Waals surface area contributed by atoms with Crippen molar-refractivity contribution in [3.8, 4) is 0 Å². The fourth-order valence-corrected chi connectivity index (χ4v) is 4.77. The van der Waals surface area contributed by atoms with Gasteiger partial charge in [-0.2, -0.15) is 0 Å². The van der Waals surface area contributed by atoms with Crippen LogP contribution in [0.15, 0.2) is 30.3 Å². The molecule has 1 amide bonds. The molecule has 0 spiro atoms. The van der Waals surface area contributed by atoms with Crippen LogP contribution in [0.1, 0.15) is 65.4 Å². The van der Waals surface area contributed by atoms with Crippen LogP contribution in [-0.4, -0.2) is 65.7 Å². The van der Waals surface area contributed by atoms with E-state index in [1.807, 2.05) is 44.2 Å². The molecule has 196 valence electrons. The summed E-state index contributed by atoms with van der Waals surface area (Å²) in [6, 6.07) is 7.53. The van der Waals surface area contributed by atoms with Gasteiger partial charge in [0.15, 0.2) is 6.10 Å². The first-order valence-electron chi connectivity index (χ1n) is 12.5. The summed E-state index contributed by atoms with van der Waals surface area (Å²) in [6.07, 6.45) is 3.45. The van der Waals surface area contributed by atoms with Crippen molar-refractivity contribution in [1.29, 1.82) is 0 Å². The molecule has 3 atom stereocenters. The first-order valence-corrected chi connectivity index (χ1v) is 12.5. The number of hydrogen-bond acceptors (Lipinski definition) is 7. The maximum Gasteiger partial charge on any atom is 0.329 e. The largest absolute Gasteiger partial charge is 0.459 e. The molecule has 0 aromatic heterocycles. The van der Waals surface area contributed by atoms with E-state index in [0.29, 0.717) is 0 Å². The van der Waals surface area contributed by atoms with Crippen molar-refractivity contribution in [2.75, 3.05) is 14.1 Å². The van der Waals surface area contributed by atoms with Crippen molar-refractivity contribution in [2.24, 2.45) is 11.8 Å². The number of amides is 1. The Kier molecular flexibility index (Phi) is 10.7. The number of carbonyl (C=O) groups excluding carboxylic acids is 3. The number of hydrogen-bond donors (Lipinski definition) is 2. The van der Waals surface area contributed by atoms with Crippen LogP contribution in [0, 0.1) is 11.8 Å². The van der Waals surface area contributed by atoms with Crippen molar-refractivity contribution in [3.63, 3.8) is 0 Å². The zero-order valence-electron chi connectivity index (χ0n) is 22.0. The van der Waals surface area contributed by atoms with E-state index in [4.69, 9.17) is 9.47 Å². The molecule has 8 heteroatoms. The van der Waals surface area contributed by atoms with Gasteiger partial charge in [0.05, 0.1) is 5.60 Å². The second-order valence-corrected chi connectivity index (χ2v) is 10.4. The predicted octanol–water partition coefficient (Wildman–Crippen LogP) is 3.06. The fourth-order valence-electron chi connectivity index (χ4n) is 4.77. The third-order valence-corrected chi connectivity index (χ3v) is 6.66. The van der Waals surface area contributed by atoms with Crippen molar-refractivity contribution < 1.29 is 29.0 Å². The predicted molar refractivity (Wildman–Crippen MR) is 133 cm³/mol. The average molecular weight is 491 g/mol. The molecule has 0 saturated heterocycles. The zero-order valence-corrected chi connectivity index (χ0v) is 22.0. The highest BCUT2D eigenvalue weighted by atomic mass is 16.6. The second kappa shape index (κ2) is 13.0.